The van der Waals surface area contributed by atoms with Crippen molar-refractivity contribution in [3.05, 3.63) is 46.5 Å². The summed E-state index contributed by atoms with van der Waals surface area (Å²) >= 11 is 0. The molecule has 130 valence electrons. The van der Waals surface area contributed by atoms with E-state index < -0.39 is 0 Å². The lowest BCUT2D eigenvalue weighted by Gasteiger charge is -2.20. The van der Waals surface area contributed by atoms with Crippen LogP contribution >= 0.6 is 0 Å². The molecule has 4 heteroatoms. The topological polar surface area (TPSA) is 67.2 Å². The first kappa shape index (κ1) is 17.4. The molecule has 0 spiro atoms. The van der Waals surface area contributed by atoms with Crippen LogP contribution in [0.3, 0.4) is 0 Å². The molecular formula is C21H23NO3. The van der Waals surface area contributed by atoms with E-state index >= 15 is 0 Å². The molecular weight excluding hydrogens is 314 g/mol. The van der Waals surface area contributed by atoms with Crippen molar-refractivity contribution in [1.82, 2.24) is 0 Å². The van der Waals surface area contributed by atoms with Crippen LogP contribution in [0.15, 0.2) is 29.8 Å². The summed E-state index contributed by atoms with van der Waals surface area (Å²) in [5.41, 5.74) is 3.99. The van der Waals surface area contributed by atoms with Crippen molar-refractivity contribution in [2.75, 3.05) is 0 Å². The second kappa shape index (κ2) is 8.11. The molecule has 0 bridgehead atoms. The second-order valence-electron chi connectivity index (χ2n) is 6.85. The van der Waals surface area contributed by atoms with Crippen LogP contribution < -0.4 is 0 Å². The number of fused-ring (bicyclic) bond motifs is 1. The van der Waals surface area contributed by atoms with Crippen molar-refractivity contribution in [2.24, 2.45) is 0 Å². The van der Waals surface area contributed by atoms with Gasteiger partial charge in [-0.1, -0.05) is 18.2 Å². The van der Waals surface area contributed by atoms with Crippen molar-refractivity contribution < 1.29 is 14.3 Å². The van der Waals surface area contributed by atoms with E-state index in [9.17, 15) is 9.59 Å². The highest BCUT2D eigenvalue weighted by Crippen LogP contribution is 2.24. The molecule has 0 heterocycles. The number of aryl methyl sites for hydroxylation is 2. The molecule has 2 aliphatic rings. The van der Waals surface area contributed by atoms with E-state index in [4.69, 9.17) is 10.00 Å². The van der Waals surface area contributed by atoms with Crippen molar-refractivity contribution in [1.29, 1.82) is 5.26 Å². The number of Topliss-reactive ketones (excluding diaryl/α,β-unsaturated/α-hetero) is 1. The van der Waals surface area contributed by atoms with Crippen LogP contribution in [0.2, 0.25) is 0 Å². The van der Waals surface area contributed by atoms with Gasteiger partial charge in [-0.2, -0.15) is 5.26 Å². The van der Waals surface area contributed by atoms with E-state index in [1.54, 1.807) is 0 Å². The third-order valence-corrected chi connectivity index (χ3v) is 5.00. The molecule has 25 heavy (non-hydrogen) atoms. The Balaban J connectivity index is 1.50. The van der Waals surface area contributed by atoms with Crippen molar-refractivity contribution in [2.45, 2.75) is 63.9 Å². The number of hydrogen-bond donors (Lipinski definition) is 0. The quantitative estimate of drug-likeness (QED) is 0.600. The number of ether oxygens (including phenoxy) is 1. The Bertz CT molecular complexity index is 742. The maximum Gasteiger partial charge on any atom is 0.306 e. The van der Waals surface area contributed by atoms with Gasteiger partial charge in [0.05, 0.1) is 12.5 Å². The van der Waals surface area contributed by atoms with E-state index in [-0.39, 0.29) is 30.7 Å². The molecule has 0 N–H and O–H groups in total. The normalized spacial score (nSPS) is 19.3. The van der Waals surface area contributed by atoms with Crippen molar-refractivity contribution in [3.63, 3.8) is 0 Å². The molecule has 0 fully saturated rings. The predicted octanol–water partition coefficient (Wildman–Crippen LogP) is 4.07. The van der Waals surface area contributed by atoms with Gasteiger partial charge in [-0.05, 0) is 55.7 Å². The zero-order valence-corrected chi connectivity index (χ0v) is 14.4. The molecule has 1 atom stereocenters. The lowest BCUT2D eigenvalue weighted by Crippen LogP contribution is -2.21. The fourth-order valence-electron chi connectivity index (χ4n) is 3.58. The fraction of sp³-hybridized carbons (Fsp3) is 0.476. The van der Waals surface area contributed by atoms with Gasteiger partial charge in [0.1, 0.15) is 6.10 Å². The van der Waals surface area contributed by atoms with Gasteiger partial charge in [0, 0.05) is 24.0 Å². The third-order valence-electron chi connectivity index (χ3n) is 5.00. The van der Waals surface area contributed by atoms with Gasteiger partial charge in [-0.25, -0.2) is 0 Å². The minimum absolute atomic E-state index is 0.00780. The molecule has 0 saturated carbocycles. The van der Waals surface area contributed by atoms with Crippen LogP contribution in [0.25, 0.3) is 0 Å². The fourth-order valence-corrected chi connectivity index (χ4v) is 3.58. The Morgan fingerprint density at radius 1 is 1.16 bits per heavy atom. The van der Waals surface area contributed by atoms with Crippen LogP contribution in [0.4, 0.5) is 0 Å². The summed E-state index contributed by atoms with van der Waals surface area (Å²) in [6.45, 7) is 0. The maximum atomic E-state index is 12.4. The number of benzene rings is 1. The Morgan fingerprint density at radius 2 is 1.96 bits per heavy atom. The third kappa shape index (κ3) is 4.57. The summed E-state index contributed by atoms with van der Waals surface area (Å²) in [7, 11) is 0. The maximum absolute atomic E-state index is 12.4. The van der Waals surface area contributed by atoms with Crippen LogP contribution in [0, 0.1) is 11.3 Å². The minimum atomic E-state index is -0.351. The largest absolute Gasteiger partial charge is 0.462 e. The highest BCUT2D eigenvalue weighted by molar-refractivity contribution is 5.97. The van der Waals surface area contributed by atoms with Gasteiger partial charge in [0.25, 0.3) is 0 Å². The monoisotopic (exact) mass is 337 g/mol. The molecule has 0 saturated heterocycles. The van der Waals surface area contributed by atoms with E-state index in [1.165, 1.54) is 24.0 Å². The van der Waals surface area contributed by atoms with Crippen LogP contribution in [-0.4, -0.2) is 17.9 Å². The van der Waals surface area contributed by atoms with Crippen LogP contribution in [0.1, 0.15) is 66.4 Å². The number of rotatable bonds is 5. The predicted molar refractivity (Wildman–Crippen MR) is 94.1 cm³/mol. The molecule has 0 amide bonds. The number of allylic oxidation sites excluding steroid dienone is 1. The van der Waals surface area contributed by atoms with Crippen molar-refractivity contribution >= 4 is 11.8 Å². The second-order valence-corrected chi connectivity index (χ2v) is 6.85. The lowest BCUT2D eigenvalue weighted by molar-refractivity contribution is -0.149. The smallest absolute Gasteiger partial charge is 0.306 e. The van der Waals surface area contributed by atoms with E-state index in [1.807, 2.05) is 18.2 Å². The Morgan fingerprint density at radius 3 is 2.76 bits per heavy atom. The zero-order valence-electron chi connectivity index (χ0n) is 14.4. The number of hydrogen-bond acceptors (Lipinski definition) is 4. The summed E-state index contributed by atoms with van der Waals surface area (Å²) in [4.78, 5) is 24.4. The highest BCUT2D eigenvalue weighted by atomic mass is 16.5. The summed E-state index contributed by atoms with van der Waals surface area (Å²) in [5.74, 6) is -0.359. The average molecular weight is 337 g/mol. The highest BCUT2D eigenvalue weighted by Gasteiger charge is 2.20. The first-order valence-electron chi connectivity index (χ1n) is 9.09. The molecule has 0 radical (unpaired) electrons. The molecule has 0 aliphatic heterocycles. The number of ketones is 1. The number of esters is 1. The minimum Gasteiger partial charge on any atom is -0.462 e. The van der Waals surface area contributed by atoms with Gasteiger partial charge in [-0.3, -0.25) is 9.59 Å². The van der Waals surface area contributed by atoms with Gasteiger partial charge < -0.3 is 4.74 Å². The van der Waals surface area contributed by atoms with Gasteiger partial charge in [-0.15, -0.1) is 0 Å². The summed E-state index contributed by atoms with van der Waals surface area (Å²) in [5, 5.41) is 8.93. The first-order valence-corrected chi connectivity index (χ1v) is 9.09. The lowest BCUT2D eigenvalue weighted by atomic mass is 9.89. The van der Waals surface area contributed by atoms with Crippen LogP contribution in [0.5, 0.6) is 0 Å². The summed E-state index contributed by atoms with van der Waals surface area (Å²) in [6, 6.07) is 8.04. The molecule has 3 rings (SSSR count). The summed E-state index contributed by atoms with van der Waals surface area (Å²) in [6.07, 6.45) is 8.45. The molecule has 1 aromatic rings. The molecule has 0 aromatic heterocycles. The average Bonchev–Trinajstić information content (AvgIpc) is 2.65. The molecule has 1 unspecified atom stereocenters. The van der Waals surface area contributed by atoms with Gasteiger partial charge in [0.15, 0.2) is 5.78 Å². The van der Waals surface area contributed by atoms with Gasteiger partial charge >= 0.3 is 5.97 Å². The first-order chi connectivity index (χ1) is 12.2. The summed E-state index contributed by atoms with van der Waals surface area (Å²) < 4.78 is 5.42. The molecule has 4 nitrogen and oxygen atoms in total. The number of carbonyl (C=O) groups is 2. The standard InChI is InChI=1S/C21H23NO3/c22-14-15-4-3-7-19(12-15)25-21(24)11-10-20(23)18-9-8-16-5-1-2-6-17(16)13-18/h4,8-9,13,19H,1-3,5-7,10-12H2. The SMILES string of the molecule is N#CC1=CCCC(OC(=O)CCC(=O)c2ccc3c(c2)CCCC3)C1. The van der Waals surface area contributed by atoms with Crippen molar-refractivity contribution in [3.8, 4) is 6.07 Å². The Hall–Kier alpha value is -2.41. The number of carbonyl (C=O) groups excluding carboxylic acids is 2. The van der Waals surface area contributed by atoms with Crippen LogP contribution in [-0.2, 0) is 22.4 Å². The zero-order chi connectivity index (χ0) is 17.6. The molecule has 1 aromatic carbocycles. The Labute approximate surface area is 148 Å². The Kier molecular flexibility index (Phi) is 5.65. The number of nitrogens with zero attached hydrogens (tertiary/aromatic N) is 1. The van der Waals surface area contributed by atoms with E-state index in [2.05, 4.69) is 12.1 Å². The van der Waals surface area contributed by atoms with E-state index in [0.29, 0.717) is 17.6 Å². The molecule has 2 aliphatic carbocycles. The number of nitriles is 1. The van der Waals surface area contributed by atoms with E-state index in [0.717, 1.165) is 25.7 Å². The van der Waals surface area contributed by atoms with Gasteiger partial charge in [0.2, 0.25) is 0 Å².